The van der Waals surface area contributed by atoms with Gasteiger partial charge in [0, 0.05) is 16.9 Å². The van der Waals surface area contributed by atoms with Gasteiger partial charge in [0.2, 0.25) is 5.91 Å². The van der Waals surface area contributed by atoms with E-state index in [0.29, 0.717) is 12.8 Å². The highest BCUT2D eigenvalue weighted by Crippen LogP contribution is 2.20. The number of halogens is 3. The largest absolute Gasteiger partial charge is 0.328 e. The van der Waals surface area contributed by atoms with Crippen LogP contribution in [0.4, 0.5) is 10.1 Å². The summed E-state index contributed by atoms with van der Waals surface area (Å²) in [4.78, 5) is 11.4. The molecule has 0 aromatic heterocycles. The van der Waals surface area contributed by atoms with Gasteiger partial charge in [0.15, 0.2) is 0 Å². The zero-order chi connectivity index (χ0) is 12.1. The van der Waals surface area contributed by atoms with Crippen molar-refractivity contribution in [3.63, 3.8) is 0 Å². The molecule has 17 heavy (non-hydrogen) atoms. The van der Waals surface area contributed by atoms with Crippen molar-refractivity contribution in [1.29, 1.82) is 0 Å². The quantitative estimate of drug-likeness (QED) is 0.894. The fraction of sp³-hybridized carbons (Fsp3) is 0.364. The molecule has 3 N–H and O–H groups in total. The number of nitrogens with two attached hydrogens (primary N) is 1. The molecule has 3 nitrogen and oxygen atoms in total. The van der Waals surface area contributed by atoms with Gasteiger partial charge in [-0.05, 0) is 31.5 Å². The van der Waals surface area contributed by atoms with Crippen LogP contribution in [0, 0.1) is 5.82 Å². The molecule has 0 saturated heterocycles. The van der Waals surface area contributed by atoms with Gasteiger partial charge >= 0.3 is 0 Å². The zero-order valence-corrected chi connectivity index (χ0v) is 11.8. The fourth-order valence-electron chi connectivity index (χ4n) is 1.16. The maximum absolute atomic E-state index is 13.3. The smallest absolute Gasteiger partial charge is 0.224 e. The fourth-order valence-corrected chi connectivity index (χ4v) is 1.53. The molecule has 1 aromatic carbocycles. The second-order valence-electron chi connectivity index (χ2n) is 3.69. The van der Waals surface area contributed by atoms with Gasteiger partial charge in [-0.2, -0.15) is 0 Å². The van der Waals surface area contributed by atoms with Crippen molar-refractivity contribution < 1.29 is 9.18 Å². The van der Waals surface area contributed by atoms with Gasteiger partial charge < -0.3 is 11.1 Å². The van der Waals surface area contributed by atoms with Crippen molar-refractivity contribution in [2.45, 2.75) is 25.8 Å². The topological polar surface area (TPSA) is 55.1 Å². The first kappa shape index (κ1) is 16.4. The summed E-state index contributed by atoms with van der Waals surface area (Å²) >= 11 is 3.21. The lowest BCUT2D eigenvalue weighted by Gasteiger charge is -2.08. The molecule has 96 valence electrons. The molecule has 0 radical (unpaired) electrons. The van der Waals surface area contributed by atoms with Gasteiger partial charge in [-0.25, -0.2) is 4.39 Å². The van der Waals surface area contributed by atoms with Crippen LogP contribution in [0.1, 0.15) is 19.8 Å². The molecule has 0 fully saturated rings. The lowest BCUT2D eigenvalue weighted by atomic mass is 10.2. The number of hydrogen-bond donors (Lipinski definition) is 2. The van der Waals surface area contributed by atoms with Crippen LogP contribution in [0.3, 0.4) is 0 Å². The van der Waals surface area contributed by atoms with Gasteiger partial charge in [-0.3, -0.25) is 4.79 Å². The Labute approximate surface area is 114 Å². The Bertz CT molecular complexity index is 388. The number of amides is 1. The van der Waals surface area contributed by atoms with E-state index in [4.69, 9.17) is 5.73 Å². The molecule has 0 aliphatic heterocycles. The highest BCUT2D eigenvalue weighted by atomic mass is 79.9. The van der Waals surface area contributed by atoms with Crippen molar-refractivity contribution in [3.8, 4) is 0 Å². The number of rotatable bonds is 4. The average molecular weight is 326 g/mol. The predicted molar refractivity (Wildman–Crippen MR) is 72.9 cm³/mol. The van der Waals surface area contributed by atoms with Crippen LogP contribution >= 0.6 is 28.3 Å². The summed E-state index contributed by atoms with van der Waals surface area (Å²) in [5, 5.41) is 2.51. The minimum Gasteiger partial charge on any atom is -0.328 e. The second kappa shape index (κ2) is 7.63. The third kappa shape index (κ3) is 6.00. The zero-order valence-electron chi connectivity index (χ0n) is 9.37. The molecule has 1 atom stereocenters. The standard InChI is InChI=1S/C11H14BrFN2O.ClH/c1-7(14)2-5-11(16)15-10-6-8(12)3-4-9(10)13;/h3-4,6-7H,2,5,14H2,1H3,(H,15,16);1H. The lowest BCUT2D eigenvalue weighted by Crippen LogP contribution is -2.19. The van der Waals surface area contributed by atoms with Gasteiger partial charge in [-0.1, -0.05) is 15.9 Å². The van der Waals surface area contributed by atoms with E-state index in [1.807, 2.05) is 6.92 Å². The van der Waals surface area contributed by atoms with E-state index in [-0.39, 0.29) is 30.0 Å². The molecule has 0 heterocycles. The summed E-state index contributed by atoms with van der Waals surface area (Å²) < 4.78 is 14.0. The summed E-state index contributed by atoms with van der Waals surface area (Å²) in [6, 6.07) is 4.37. The van der Waals surface area contributed by atoms with Gasteiger partial charge in [0.05, 0.1) is 5.69 Å². The van der Waals surface area contributed by atoms with E-state index < -0.39 is 5.82 Å². The predicted octanol–water partition coefficient (Wildman–Crippen LogP) is 3.08. The molecule has 0 bridgehead atoms. The Morgan fingerprint density at radius 1 is 1.59 bits per heavy atom. The van der Waals surface area contributed by atoms with Crippen LogP contribution in [0.5, 0.6) is 0 Å². The first-order chi connectivity index (χ1) is 7.49. The van der Waals surface area contributed by atoms with Gasteiger partial charge in [0.25, 0.3) is 0 Å². The number of carbonyl (C=O) groups is 1. The highest BCUT2D eigenvalue weighted by molar-refractivity contribution is 9.10. The van der Waals surface area contributed by atoms with Crippen molar-refractivity contribution in [1.82, 2.24) is 0 Å². The van der Waals surface area contributed by atoms with Crippen molar-refractivity contribution >= 4 is 39.9 Å². The van der Waals surface area contributed by atoms with Crippen LogP contribution in [-0.2, 0) is 4.79 Å². The molecular formula is C11H15BrClFN2O. The molecule has 0 aliphatic rings. The minimum atomic E-state index is -0.447. The Balaban J connectivity index is 0.00000256. The van der Waals surface area contributed by atoms with Crippen LogP contribution in [0.2, 0.25) is 0 Å². The van der Waals surface area contributed by atoms with Crippen molar-refractivity contribution in [2.75, 3.05) is 5.32 Å². The first-order valence-electron chi connectivity index (χ1n) is 4.99. The molecule has 1 unspecified atom stereocenters. The maximum atomic E-state index is 13.3. The summed E-state index contributed by atoms with van der Waals surface area (Å²) in [5.41, 5.74) is 5.71. The van der Waals surface area contributed by atoms with Crippen LogP contribution in [-0.4, -0.2) is 11.9 Å². The lowest BCUT2D eigenvalue weighted by molar-refractivity contribution is -0.116. The summed E-state index contributed by atoms with van der Waals surface area (Å²) in [6.45, 7) is 1.83. The summed E-state index contributed by atoms with van der Waals surface area (Å²) in [7, 11) is 0. The highest BCUT2D eigenvalue weighted by Gasteiger charge is 2.08. The Morgan fingerprint density at radius 2 is 2.24 bits per heavy atom. The van der Waals surface area contributed by atoms with E-state index in [2.05, 4.69) is 21.2 Å². The second-order valence-corrected chi connectivity index (χ2v) is 4.60. The first-order valence-corrected chi connectivity index (χ1v) is 5.79. The van der Waals surface area contributed by atoms with Gasteiger partial charge in [-0.15, -0.1) is 12.4 Å². The molecular weight excluding hydrogens is 310 g/mol. The van der Waals surface area contributed by atoms with E-state index in [0.717, 1.165) is 4.47 Å². The van der Waals surface area contributed by atoms with Crippen molar-refractivity contribution in [3.05, 3.63) is 28.5 Å². The van der Waals surface area contributed by atoms with Gasteiger partial charge in [0.1, 0.15) is 5.82 Å². The normalized spacial score (nSPS) is 11.5. The minimum absolute atomic E-state index is 0. The van der Waals surface area contributed by atoms with E-state index in [9.17, 15) is 9.18 Å². The summed E-state index contributed by atoms with van der Waals surface area (Å²) in [5.74, 6) is -0.674. The third-order valence-electron chi connectivity index (χ3n) is 2.03. The molecule has 6 heteroatoms. The molecule has 0 aliphatic carbocycles. The van der Waals surface area contributed by atoms with E-state index in [1.54, 1.807) is 6.07 Å². The molecule has 0 spiro atoms. The number of carbonyl (C=O) groups excluding carboxylic acids is 1. The number of hydrogen-bond acceptors (Lipinski definition) is 2. The monoisotopic (exact) mass is 324 g/mol. The third-order valence-corrected chi connectivity index (χ3v) is 2.52. The number of benzene rings is 1. The van der Waals surface area contributed by atoms with E-state index in [1.165, 1.54) is 12.1 Å². The molecule has 1 aromatic rings. The van der Waals surface area contributed by atoms with Crippen LogP contribution in [0.15, 0.2) is 22.7 Å². The Morgan fingerprint density at radius 3 is 2.82 bits per heavy atom. The molecule has 1 amide bonds. The van der Waals surface area contributed by atoms with Crippen LogP contribution < -0.4 is 11.1 Å². The Kier molecular flexibility index (Phi) is 7.34. The van der Waals surface area contributed by atoms with Crippen molar-refractivity contribution in [2.24, 2.45) is 5.73 Å². The van der Waals surface area contributed by atoms with Crippen LogP contribution in [0.25, 0.3) is 0 Å². The average Bonchev–Trinajstić information content (AvgIpc) is 2.20. The number of anilines is 1. The summed E-state index contributed by atoms with van der Waals surface area (Å²) in [6.07, 6.45) is 0.880. The number of nitrogens with one attached hydrogen (secondary N) is 1. The van der Waals surface area contributed by atoms with E-state index >= 15 is 0 Å². The Hall–Kier alpha value is -0.650. The maximum Gasteiger partial charge on any atom is 0.224 e. The molecule has 0 saturated carbocycles. The SMILES string of the molecule is CC(N)CCC(=O)Nc1cc(Br)ccc1F.Cl. The molecule has 1 rings (SSSR count).